The van der Waals surface area contributed by atoms with E-state index in [1.165, 1.54) is 23.3 Å². The van der Waals surface area contributed by atoms with Crippen molar-refractivity contribution < 1.29 is 10.0 Å². The maximum atomic E-state index is 11.6. The van der Waals surface area contributed by atoms with Crippen molar-refractivity contribution >= 4 is 28.5 Å². The Morgan fingerprint density at radius 2 is 1.31 bits per heavy atom. The lowest BCUT2D eigenvalue weighted by molar-refractivity contribution is -0.385. The highest BCUT2D eigenvalue weighted by atomic mass is 16.6. The SMILES string of the molecule is CC1(C)C(CC(CC2=Nc3ccccc3C2(C)C)c2ccc(O)c([N+](=O)[O-])c2)=Nc2ccccc21. The van der Waals surface area contributed by atoms with Crippen LogP contribution in [0.25, 0.3) is 0 Å². The number of hydrogen-bond donors (Lipinski definition) is 1. The third-order valence-electron chi connectivity index (χ3n) is 7.66. The number of nitrogens with zero attached hydrogens (tertiary/aromatic N) is 3. The van der Waals surface area contributed by atoms with E-state index >= 15 is 0 Å². The summed E-state index contributed by atoms with van der Waals surface area (Å²) in [5.74, 6) is -0.414. The van der Waals surface area contributed by atoms with Gasteiger partial charge in [-0.15, -0.1) is 0 Å². The zero-order chi connectivity index (χ0) is 25.0. The highest BCUT2D eigenvalue weighted by molar-refractivity contribution is 6.04. The van der Waals surface area contributed by atoms with Crippen LogP contribution in [-0.2, 0) is 10.8 Å². The molecule has 3 aromatic rings. The number of phenolic OH excluding ortho intramolecular Hbond substituents is 1. The lowest BCUT2D eigenvalue weighted by Gasteiger charge is -2.29. The van der Waals surface area contributed by atoms with Crippen LogP contribution >= 0.6 is 0 Å². The number of para-hydroxylation sites is 2. The summed E-state index contributed by atoms with van der Waals surface area (Å²) in [5, 5.41) is 21.7. The third-order valence-corrected chi connectivity index (χ3v) is 7.66. The van der Waals surface area contributed by atoms with Gasteiger partial charge >= 0.3 is 5.69 Å². The Morgan fingerprint density at radius 1 is 0.829 bits per heavy atom. The fraction of sp³-hybridized carbons (Fsp3) is 0.310. The van der Waals surface area contributed by atoms with Crippen molar-refractivity contribution in [1.82, 2.24) is 0 Å². The van der Waals surface area contributed by atoms with Crippen molar-refractivity contribution in [3.63, 3.8) is 0 Å². The maximum Gasteiger partial charge on any atom is 0.310 e. The predicted octanol–water partition coefficient (Wildman–Crippen LogP) is 7.29. The van der Waals surface area contributed by atoms with Gasteiger partial charge < -0.3 is 5.11 Å². The third kappa shape index (κ3) is 3.83. The normalized spacial score (nSPS) is 17.1. The number of phenols is 1. The predicted molar refractivity (Wildman–Crippen MR) is 140 cm³/mol. The van der Waals surface area contributed by atoms with Crippen molar-refractivity contribution in [2.45, 2.75) is 57.3 Å². The molecular weight excluding hydrogens is 438 g/mol. The molecule has 0 fully saturated rings. The van der Waals surface area contributed by atoms with Crippen molar-refractivity contribution in [3.05, 3.63) is 93.5 Å². The van der Waals surface area contributed by atoms with E-state index in [1.54, 1.807) is 6.07 Å². The van der Waals surface area contributed by atoms with E-state index in [4.69, 9.17) is 9.98 Å². The van der Waals surface area contributed by atoms with Gasteiger partial charge in [-0.1, -0.05) is 70.2 Å². The molecule has 0 amide bonds. The van der Waals surface area contributed by atoms with E-state index in [-0.39, 0.29) is 28.2 Å². The molecule has 2 aliphatic rings. The molecule has 178 valence electrons. The lowest BCUT2D eigenvalue weighted by Crippen LogP contribution is -2.30. The highest BCUT2D eigenvalue weighted by Crippen LogP contribution is 2.46. The van der Waals surface area contributed by atoms with Crippen LogP contribution in [-0.4, -0.2) is 21.5 Å². The van der Waals surface area contributed by atoms with Gasteiger partial charge in [0, 0.05) is 28.3 Å². The number of benzene rings is 3. The summed E-state index contributed by atoms with van der Waals surface area (Å²) in [5.41, 5.74) is 6.48. The highest BCUT2D eigenvalue weighted by Gasteiger charge is 2.39. The summed E-state index contributed by atoms with van der Waals surface area (Å²) >= 11 is 0. The molecule has 3 aromatic carbocycles. The summed E-state index contributed by atoms with van der Waals surface area (Å²) in [6, 6.07) is 21.1. The zero-order valence-corrected chi connectivity index (χ0v) is 20.4. The summed E-state index contributed by atoms with van der Waals surface area (Å²) < 4.78 is 0. The van der Waals surface area contributed by atoms with E-state index < -0.39 is 4.92 Å². The largest absolute Gasteiger partial charge is 0.502 e. The van der Waals surface area contributed by atoms with Gasteiger partial charge in [0.25, 0.3) is 0 Å². The second-order valence-corrected chi connectivity index (χ2v) is 10.5. The first-order valence-corrected chi connectivity index (χ1v) is 11.9. The number of aliphatic imine (C=N–C) groups is 2. The molecule has 0 radical (unpaired) electrons. The van der Waals surface area contributed by atoms with Crippen molar-refractivity contribution in [1.29, 1.82) is 0 Å². The van der Waals surface area contributed by atoms with Crippen LogP contribution in [0.3, 0.4) is 0 Å². The Morgan fingerprint density at radius 3 is 1.77 bits per heavy atom. The van der Waals surface area contributed by atoms with Crippen molar-refractivity contribution in [3.8, 4) is 5.75 Å². The Kier molecular flexibility index (Phi) is 5.35. The first-order chi connectivity index (χ1) is 16.6. The average Bonchev–Trinajstić information content (AvgIpc) is 3.23. The standard InChI is InChI=1S/C29H29N3O3/c1-28(2)20-9-5-7-11-22(20)30-26(28)16-19(18-13-14-25(33)24(15-18)32(34)35)17-27-29(3,4)21-10-6-8-12-23(21)31-27/h5-15,19,33H,16-17H2,1-4H3. The van der Waals surface area contributed by atoms with Crippen LogP contribution in [0.5, 0.6) is 5.75 Å². The van der Waals surface area contributed by atoms with E-state index in [1.807, 2.05) is 36.4 Å². The number of hydrogen-bond acceptors (Lipinski definition) is 5. The van der Waals surface area contributed by atoms with Crippen LogP contribution in [0.2, 0.25) is 0 Å². The second kappa shape index (κ2) is 8.15. The van der Waals surface area contributed by atoms with Gasteiger partial charge in [-0.05, 0) is 53.6 Å². The topological polar surface area (TPSA) is 88.1 Å². The van der Waals surface area contributed by atoms with Gasteiger partial charge in [-0.25, -0.2) is 0 Å². The minimum absolute atomic E-state index is 0.0889. The molecule has 2 heterocycles. The minimum Gasteiger partial charge on any atom is -0.502 e. The lowest BCUT2D eigenvalue weighted by atomic mass is 9.73. The number of nitro groups is 1. The Labute approximate surface area is 205 Å². The van der Waals surface area contributed by atoms with E-state index in [2.05, 4.69) is 39.8 Å². The molecule has 0 saturated carbocycles. The van der Waals surface area contributed by atoms with Gasteiger partial charge in [0.2, 0.25) is 0 Å². The summed E-state index contributed by atoms with van der Waals surface area (Å²) in [7, 11) is 0. The summed E-state index contributed by atoms with van der Waals surface area (Å²) in [6.45, 7) is 8.73. The van der Waals surface area contributed by atoms with Crippen molar-refractivity contribution in [2.24, 2.45) is 9.98 Å². The number of rotatable bonds is 6. The summed E-state index contributed by atoms with van der Waals surface area (Å²) in [6.07, 6.45) is 1.27. The van der Waals surface area contributed by atoms with E-state index in [0.29, 0.717) is 12.8 Å². The monoisotopic (exact) mass is 467 g/mol. The molecule has 0 atom stereocenters. The Bertz CT molecular complexity index is 1330. The first kappa shape index (κ1) is 23.0. The molecule has 6 nitrogen and oxygen atoms in total. The van der Waals surface area contributed by atoms with E-state index in [0.717, 1.165) is 28.4 Å². The van der Waals surface area contributed by atoms with E-state index in [9.17, 15) is 15.2 Å². The number of nitro benzene ring substituents is 1. The first-order valence-electron chi connectivity index (χ1n) is 11.9. The molecule has 1 N–H and O–H groups in total. The number of fused-ring (bicyclic) bond motifs is 2. The zero-order valence-electron chi connectivity index (χ0n) is 20.4. The van der Waals surface area contributed by atoms with Crippen molar-refractivity contribution in [2.75, 3.05) is 0 Å². The molecule has 0 spiro atoms. The molecule has 0 unspecified atom stereocenters. The average molecular weight is 468 g/mol. The Hall–Kier alpha value is -3.80. The fourth-order valence-electron chi connectivity index (χ4n) is 5.40. The van der Waals surface area contributed by atoms with Gasteiger partial charge in [-0.2, -0.15) is 0 Å². The van der Waals surface area contributed by atoms with Gasteiger partial charge in [0.05, 0.1) is 16.3 Å². The fourth-order valence-corrected chi connectivity index (χ4v) is 5.40. The molecular formula is C29H29N3O3. The molecule has 5 rings (SSSR count). The van der Waals surface area contributed by atoms with Crippen LogP contribution in [0, 0.1) is 10.1 Å². The molecule has 0 saturated heterocycles. The van der Waals surface area contributed by atoms with Gasteiger partial charge in [0.15, 0.2) is 5.75 Å². The molecule has 6 heteroatoms. The van der Waals surface area contributed by atoms with Crippen LogP contribution in [0.1, 0.15) is 63.1 Å². The molecule has 2 aliphatic heterocycles. The van der Waals surface area contributed by atoms with Crippen LogP contribution in [0.15, 0.2) is 76.7 Å². The van der Waals surface area contributed by atoms with Gasteiger partial charge in [0.1, 0.15) is 0 Å². The minimum atomic E-state index is -0.532. The summed E-state index contributed by atoms with van der Waals surface area (Å²) in [4.78, 5) is 21.0. The van der Waals surface area contributed by atoms with Crippen LogP contribution < -0.4 is 0 Å². The smallest absolute Gasteiger partial charge is 0.310 e. The quantitative estimate of drug-likeness (QED) is 0.305. The molecule has 0 bridgehead atoms. The van der Waals surface area contributed by atoms with Gasteiger partial charge in [-0.3, -0.25) is 20.1 Å². The molecule has 35 heavy (non-hydrogen) atoms. The maximum absolute atomic E-state index is 11.6. The molecule has 0 aliphatic carbocycles. The second-order valence-electron chi connectivity index (χ2n) is 10.5. The number of aromatic hydroxyl groups is 1. The molecule has 0 aromatic heterocycles. The van der Waals surface area contributed by atoms with Crippen LogP contribution in [0.4, 0.5) is 17.1 Å². The Balaban J connectivity index is 1.55.